The Balaban J connectivity index is 2.37. The van der Waals surface area contributed by atoms with Gasteiger partial charge >= 0.3 is 0 Å². The first-order valence-electron chi connectivity index (χ1n) is 7.22. The lowest BCUT2D eigenvalue weighted by molar-refractivity contribution is 0.569. The molecular weight excluding hydrogens is 276 g/mol. The van der Waals surface area contributed by atoms with Gasteiger partial charge in [-0.15, -0.1) is 0 Å². The minimum atomic E-state index is -1.89. The molecule has 0 atom stereocenters. The van der Waals surface area contributed by atoms with E-state index in [2.05, 4.69) is 75.6 Å². The molecule has 0 saturated carbocycles. The number of para-hydroxylation sites is 1. The normalized spacial score (nSPS) is 18.4. The van der Waals surface area contributed by atoms with Crippen LogP contribution in [0.1, 0.15) is 5.56 Å². The van der Waals surface area contributed by atoms with E-state index in [0.29, 0.717) is 0 Å². The molecule has 0 fully saturated rings. The molecule has 2 aromatic carbocycles. The molecular formula is C17H22OSi2. The van der Waals surface area contributed by atoms with Gasteiger partial charge in [0, 0.05) is 0 Å². The predicted octanol–water partition coefficient (Wildman–Crippen LogP) is 2.62. The molecule has 2 aromatic rings. The average molecular weight is 299 g/mol. The van der Waals surface area contributed by atoms with E-state index in [1.807, 2.05) is 0 Å². The van der Waals surface area contributed by atoms with Gasteiger partial charge < -0.3 is 4.43 Å². The Morgan fingerprint density at radius 3 is 2.25 bits per heavy atom. The molecule has 104 valence electrons. The van der Waals surface area contributed by atoms with Crippen molar-refractivity contribution in [2.45, 2.75) is 33.1 Å². The SMILES string of the molecule is Cc1ccc2c(c1)[Si](C)(C)c1ccccc1O[Si]2(C)C. The van der Waals surface area contributed by atoms with Crippen molar-refractivity contribution >= 4 is 32.0 Å². The summed E-state index contributed by atoms with van der Waals surface area (Å²) in [6, 6.07) is 15.6. The highest BCUT2D eigenvalue weighted by Crippen LogP contribution is 2.22. The van der Waals surface area contributed by atoms with Crippen molar-refractivity contribution in [1.29, 1.82) is 0 Å². The van der Waals surface area contributed by atoms with E-state index in [-0.39, 0.29) is 0 Å². The van der Waals surface area contributed by atoms with Gasteiger partial charge in [0.2, 0.25) is 0 Å². The third-order valence-electron chi connectivity index (χ3n) is 4.42. The smallest absolute Gasteiger partial charge is 0.276 e. The summed E-state index contributed by atoms with van der Waals surface area (Å²) in [4.78, 5) is 0. The second-order valence-electron chi connectivity index (χ2n) is 6.78. The predicted molar refractivity (Wildman–Crippen MR) is 92.1 cm³/mol. The topological polar surface area (TPSA) is 9.23 Å². The van der Waals surface area contributed by atoms with Crippen LogP contribution in [-0.4, -0.2) is 16.4 Å². The average Bonchev–Trinajstić information content (AvgIpc) is 2.43. The lowest BCUT2D eigenvalue weighted by Gasteiger charge is -2.26. The third-order valence-corrected chi connectivity index (χ3v) is 10.7. The third kappa shape index (κ3) is 1.96. The van der Waals surface area contributed by atoms with E-state index in [1.165, 1.54) is 15.9 Å². The molecule has 0 saturated heterocycles. The Hall–Kier alpha value is -1.33. The van der Waals surface area contributed by atoms with Crippen LogP contribution in [0.2, 0.25) is 26.2 Å². The lowest BCUT2D eigenvalue weighted by atomic mass is 10.2. The van der Waals surface area contributed by atoms with Crippen molar-refractivity contribution in [2.24, 2.45) is 0 Å². The number of benzene rings is 2. The van der Waals surface area contributed by atoms with Crippen LogP contribution in [0.25, 0.3) is 0 Å². The van der Waals surface area contributed by atoms with Crippen LogP contribution in [-0.2, 0) is 0 Å². The number of rotatable bonds is 0. The Morgan fingerprint density at radius 2 is 1.50 bits per heavy atom. The molecule has 0 amide bonds. The minimum absolute atomic E-state index is 1.12. The fourth-order valence-electron chi connectivity index (χ4n) is 3.25. The maximum Gasteiger partial charge on any atom is 0.276 e. The second kappa shape index (κ2) is 4.33. The lowest BCUT2D eigenvalue weighted by Crippen LogP contribution is -2.62. The van der Waals surface area contributed by atoms with Gasteiger partial charge in [0.15, 0.2) is 0 Å². The van der Waals surface area contributed by atoms with E-state index < -0.39 is 16.4 Å². The van der Waals surface area contributed by atoms with Crippen LogP contribution in [0.4, 0.5) is 0 Å². The first kappa shape index (κ1) is 13.6. The maximum atomic E-state index is 6.52. The molecule has 1 aliphatic heterocycles. The molecule has 1 aliphatic rings. The van der Waals surface area contributed by atoms with Crippen LogP contribution in [0, 0.1) is 6.92 Å². The Bertz CT molecular complexity index is 674. The first-order valence-corrected chi connectivity index (χ1v) is 13.1. The van der Waals surface area contributed by atoms with Gasteiger partial charge in [0.25, 0.3) is 8.32 Å². The molecule has 0 radical (unpaired) electrons. The largest absolute Gasteiger partial charge is 0.540 e. The summed E-state index contributed by atoms with van der Waals surface area (Å²) >= 11 is 0. The van der Waals surface area contributed by atoms with Crippen LogP contribution in [0.15, 0.2) is 42.5 Å². The van der Waals surface area contributed by atoms with Crippen molar-refractivity contribution < 1.29 is 4.43 Å². The van der Waals surface area contributed by atoms with Crippen molar-refractivity contribution in [3.8, 4) is 5.75 Å². The Labute approximate surface area is 123 Å². The molecule has 0 aliphatic carbocycles. The molecule has 0 spiro atoms. The summed E-state index contributed by atoms with van der Waals surface area (Å²) < 4.78 is 6.52. The highest BCUT2D eigenvalue weighted by Gasteiger charge is 2.41. The summed E-state index contributed by atoms with van der Waals surface area (Å²) in [7, 11) is -3.58. The van der Waals surface area contributed by atoms with E-state index in [0.717, 1.165) is 5.75 Å². The summed E-state index contributed by atoms with van der Waals surface area (Å²) in [6.45, 7) is 11.7. The summed E-state index contributed by atoms with van der Waals surface area (Å²) in [5.41, 5.74) is 1.36. The molecule has 1 heterocycles. The van der Waals surface area contributed by atoms with Gasteiger partial charge in [-0.1, -0.05) is 60.2 Å². The van der Waals surface area contributed by atoms with E-state index >= 15 is 0 Å². The van der Waals surface area contributed by atoms with Crippen molar-refractivity contribution in [3.63, 3.8) is 0 Å². The van der Waals surface area contributed by atoms with E-state index in [4.69, 9.17) is 4.43 Å². The quantitative estimate of drug-likeness (QED) is 0.679. The fraction of sp³-hybridized carbons (Fsp3) is 0.294. The van der Waals surface area contributed by atoms with Gasteiger partial charge in [-0.25, -0.2) is 0 Å². The highest BCUT2D eigenvalue weighted by molar-refractivity contribution is 7.06. The van der Waals surface area contributed by atoms with Gasteiger partial charge in [-0.05, 0) is 36.5 Å². The minimum Gasteiger partial charge on any atom is -0.540 e. The van der Waals surface area contributed by atoms with Crippen LogP contribution < -0.4 is 20.0 Å². The zero-order valence-electron chi connectivity index (χ0n) is 12.9. The molecule has 1 nitrogen and oxygen atoms in total. The van der Waals surface area contributed by atoms with Gasteiger partial charge in [-0.2, -0.15) is 0 Å². The van der Waals surface area contributed by atoms with E-state index in [9.17, 15) is 0 Å². The fourth-order valence-corrected chi connectivity index (χ4v) is 10.1. The second-order valence-corrected chi connectivity index (χ2v) is 14.9. The Morgan fingerprint density at radius 1 is 0.800 bits per heavy atom. The number of aryl methyl sites for hydroxylation is 1. The zero-order chi connectivity index (χ0) is 14.5. The van der Waals surface area contributed by atoms with Crippen molar-refractivity contribution in [3.05, 3.63) is 48.0 Å². The maximum absolute atomic E-state index is 6.52. The molecule has 0 unspecified atom stereocenters. The molecule has 0 aromatic heterocycles. The van der Waals surface area contributed by atoms with E-state index in [1.54, 1.807) is 5.19 Å². The van der Waals surface area contributed by atoms with Crippen LogP contribution in [0.3, 0.4) is 0 Å². The molecule has 20 heavy (non-hydrogen) atoms. The Kier molecular flexibility index (Phi) is 2.96. The first-order chi connectivity index (χ1) is 9.32. The highest BCUT2D eigenvalue weighted by atomic mass is 28.4. The van der Waals surface area contributed by atoms with Crippen LogP contribution in [0.5, 0.6) is 5.75 Å². The molecule has 0 bridgehead atoms. The number of hydrogen-bond acceptors (Lipinski definition) is 1. The van der Waals surface area contributed by atoms with Crippen molar-refractivity contribution in [1.82, 2.24) is 0 Å². The number of hydrogen-bond donors (Lipinski definition) is 0. The van der Waals surface area contributed by atoms with Crippen molar-refractivity contribution in [2.75, 3.05) is 0 Å². The van der Waals surface area contributed by atoms with Gasteiger partial charge in [0.1, 0.15) is 13.8 Å². The standard InChI is InChI=1S/C17H22OSi2/c1-13-10-11-16-17(12-13)19(2,3)15-9-7-6-8-14(15)18-20(16,4)5/h6-12H,1-5H3. The number of fused-ring (bicyclic) bond motifs is 2. The zero-order valence-corrected chi connectivity index (χ0v) is 14.9. The molecule has 3 rings (SSSR count). The van der Waals surface area contributed by atoms with Gasteiger partial charge in [-0.3, -0.25) is 0 Å². The summed E-state index contributed by atoms with van der Waals surface area (Å²) in [6.07, 6.45) is 0. The molecule has 0 N–H and O–H groups in total. The monoisotopic (exact) mass is 298 g/mol. The summed E-state index contributed by atoms with van der Waals surface area (Å²) in [5, 5.41) is 4.49. The van der Waals surface area contributed by atoms with Gasteiger partial charge in [0.05, 0.1) is 0 Å². The summed E-state index contributed by atoms with van der Waals surface area (Å²) in [5.74, 6) is 1.12. The van der Waals surface area contributed by atoms with Crippen LogP contribution >= 0.6 is 0 Å². The molecule has 3 heteroatoms.